The third-order valence-electron chi connectivity index (χ3n) is 4.48. The molecule has 1 aromatic rings. The van der Waals surface area contributed by atoms with E-state index >= 15 is 0 Å². The lowest BCUT2D eigenvalue weighted by Gasteiger charge is -2.35. The number of aryl methyl sites for hydroxylation is 2. The standard InChI is InChI=1S/C15H21NO4S/c17-11-15(6-8-20-9-7-15)16-21(18,19)14-5-4-12-2-1-3-13(12)10-14/h4-5,10,16-17H,1-3,6-9,11H2. The summed E-state index contributed by atoms with van der Waals surface area (Å²) in [6.45, 7) is 0.723. The van der Waals surface area contributed by atoms with Crippen molar-refractivity contribution in [3.63, 3.8) is 0 Å². The van der Waals surface area contributed by atoms with Gasteiger partial charge in [0.05, 0.1) is 17.0 Å². The minimum atomic E-state index is -3.62. The quantitative estimate of drug-likeness (QED) is 0.870. The molecule has 1 heterocycles. The predicted octanol–water partition coefficient (Wildman–Crippen LogP) is 0.995. The van der Waals surface area contributed by atoms with Crippen LogP contribution < -0.4 is 4.72 Å². The van der Waals surface area contributed by atoms with Gasteiger partial charge in [0, 0.05) is 13.2 Å². The minimum absolute atomic E-state index is 0.208. The molecule has 1 saturated heterocycles. The average molecular weight is 311 g/mol. The molecule has 1 fully saturated rings. The molecule has 1 aliphatic carbocycles. The summed E-state index contributed by atoms with van der Waals surface area (Å²) in [7, 11) is -3.62. The molecule has 116 valence electrons. The summed E-state index contributed by atoms with van der Waals surface area (Å²) in [5.41, 5.74) is 1.58. The van der Waals surface area contributed by atoms with Gasteiger partial charge >= 0.3 is 0 Å². The second-order valence-corrected chi connectivity index (χ2v) is 7.62. The number of sulfonamides is 1. The van der Waals surface area contributed by atoms with E-state index in [1.165, 1.54) is 5.56 Å². The first-order valence-corrected chi connectivity index (χ1v) is 8.87. The summed E-state index contributed by atoms with van der Waals surface area (Å²) in [6, 6.07) is 5.35. The second-order valence-electron chi connectivity index (χ2n) is 5.94. The van der Waals surface area contributed by atoms with Gasteiger partial charge in [0.2, 0.25) is 10.0 Å². The Balaban J connectivity index is 1.86. The Kier molecular flexibility index (Phi) is 4.05. The van der Waals surface area contributed by atoms with Crippen molar-refractivity contribution >= 4 is 10.0 Å². The number of fused-ring (bicyclic) bond motifs is 1. The molecule has 0 aromatic heterocycles. The fourth-order valence-electron chi connectivity index (χ4n) is 3.11. The van der Waals surface area contributed by atoms with Crippen molar-refractivity contribution < 1.29 is 18.3 Å². The lowest BCUT2D eigenvalue weighted by molar-refractivity contribution is 0.0223. The largest absolute Gasteiger partial charge is 0.394 e. The molecule has 0 spiro atoms. The van der Waals surface area contributed by atoms with Gasteiger partial charge in [-0.3, -0.25) is 0 Å². The fourth-order valence-corrected chi connectivity index (χ4v) is 4.62. The first-order valence-electron chi connectivity index (χ1n) is 7.39. The van der Waals surface area contributed by atoms with Crippen molar-refractivity contribution in [2.24, 2.45) is 0 Å². The zero-order valence-electron chi connectivity index (χ0n) is 12.0. The Bertz CT molecular complexity index is 621. The first-order chi connectivity index (χ1) is 10.0. The molecule has 0 radical (unpaired) electrons. The maximum absolute atomic E-state index is 12.6. The van der Waals surface area contributed by atoms with Crippen molar-refractivity contribution in [2.75, 3.05) is 19.8 Å². The Morgan fingerprint density at radius 1 is 1.19 bits per heavy atom. The van der Waals surface area contributed by atoms with Crippen molar-refractivity contribution in [2.45, 2.75) is 42.5 Å². The van der Waals surface area contributed by atoms with E-state index in [1.54, 1.807) is 12.1 Å². The van der Waals surface area contributed by atoms with Crippen molar-refractivity contribution in [3.05, 3.63) is 29.3 Å². The van der Waals surface area contributed by atoms with Gasteiger partial charge in [-0.25, -0.2) is 13.1 Å². The van der Waals surface area contributed by atoms with Gasteiger partial charge in [0.1, 0.15) is 0 Å². The van der Waals surface area contributed by atoms with Crippen LogP contribution in [0.4, 0.5) is 0 Å². The van der Waals surface area contributed by atoms with Crippen LogP contribution in [-0.2, 0) is 27.6 Å². The summed E-state index contributed by atoms with van der Waals surface area (Å²) in [5, 5.41) is 9.62. The van der Waals surface area contributed by atoms with Gasteiger partial charge in [-0.2, -0.15) is 0 Å². The maximum Gasteiger partial charge on any atom is 0.241 e. The molecule has 5 nitrogen and oxygen atoms in total. The minimum Gasteiger partial charge on any atom is -0.394 e. The summed E-state index contributed by atoms with van der Waals surface area (Å²) in [4.78, 5) is 0.294. The maximum atomic E-state index is 12.6. The van der Waals surface area contributed by atoms with Gasteiger partial charge in [0.25, 0.3) is 0 Å². The lowest BCUT2D eigenvalue weighted by Crippen LogP contribution is -2.54. The molecule has 2 aliphatic rings. The number of ether oxygens (including phenoxy) is 1. The molecule has 0 unspecified atom stereocenters. The van der Waals surface area contributed by atoms with E-state index in [0.717, 1.165) is 24.8 Å². The van der Waals surface area contributed by atoms with E-state index in [9.17, 15) is 13.5 Å². The fraction of sp³-hybridized carbons (Fsp3) is 0.600. The SMILES string of the molecule is O=S(=O)(NC1(CO)CCOCC1)c1ccc2c(c1)CCC2. The van der Waals surface area contributed by atoms with Crippen LogP contribution in [-0.4, -0.2) is 38.9 Å². The van der Waals surface area contributed by atoms with Crippen molar-refractivity contribution in [1.29, 1.82) is 0 Å². The Hall–Kier alpha value is -0.950. The van der Waals surface area contributed by atoms with Crippen LogP contribution in [0.3, 0.4) is 0 Å². The van der Waals surface area contributed by atoms with Crippen LogP contribution in [0.25, 0.3) is 0 Å². The number of hydrogen-bond acceptors (Lipinski definition) is 4. The topological polar surface area (TPSA) is 75.6 Å². The van der Waals surface area contributed by atoms with Crippen LogP contribution in [0.2, 0.25) is 0 Å². The van der Waals surface area contributed by atoms with E-state index in [4.69, 9.17) is 4.74 Å². The normalized spacial score (nSPS) is 21.2. The summed E-state index contributed by atoms with van der Waals surface area (Å²) >= 11 is 0. The molecule has 0 saturated carbocycles. The Morgan fingerprint density at radius 2 is 1.90 bits per heavy atom. The first kappa shape index (κ1) is 15.0. The lowest BCUT2D eigenvalue weighted by atomic mass is 9.93. The molecule has 1 aliphatic heterocycles. The van der Waals surface area contributed by atoms with Gasteiger partial charge in [-0.15, -0.1) is 0 Å². The smallest absolute Gasteiger partial charge is 0.241 e. The molecule has 6 heteroatoms. The van der Waals surface area contributed by atoms with Crippen LogP contribution >= 0.6 is 0 Å². The van der Waals surface area contributed by atoms with E-state index < -0.39 is 15.6 Å². The summed E-state index contributed by atoms with van der Waals surface area (Å²) in [6.07, 6.45) is 4.05. The number of nitrogens with one attached hydrogen (secondary N) is 1. The molecular formula is C15H21NO4S. The van der Waals surface area contributed by atoms with E-state index in [1.807, 2.05) is 6.07 Å². The van der Waals surface area contributed by atoms with Gasteiger partial charge in [-0.05, 0) is 55.4 Å². The monoisotopic (exact) mass is 311 g/mol. The number of aliphatic hydroxyl groups excluding tert-OH is 1. The highest BCUT2D eigenvalue weighted by atomic mass is 32.2. The number of aliphatic hydroxyl groups is 1. The Morgan fingerprint density at radius 3 is 2.62 bits per heavy atom. The van der Waals surface area contributed by atoms with E-state index in [-0.39, 0.29) is 6.61 Å². The molecule has 0 bridgehead atoms. The number of rotatable bonds is 4. The van der Waals surface area contributed by atoms with E-state index in [0.29, 0.717) is 31.0 Å². The molecular weight excluding hydrogens is 290 g/mol. The molecule has 21 heavy (non-hydrogen) atoms. The van der Waals surface area contributed by atoms with Crippen molar-refractivity contribution in [1.82, 2.24) is 4.72 Å². The van der Waals surface area contributed by atoms with Gasteiger partial charge in [-0.1, -0.05) is 6.07 Å². The van der Waals surface area contributed by atoms with E-state index in [2.05, 4.69) is 4.72 Å². The number of benzene rings is 1. The third-order valence-corrected chi connectivity index (χ3v) is 6.06. The zero-order chi connectivity index (χ0) is 14.9. The summed E-state index contributed by atoms with van der Waals surface area (Å²) < 4.78 is 33.2. The molecule has 3 rings (SSSR count). The second kappa shape index (κ2) is 5.68. The average Bonchev–Trinajstić information content (AvgIpc) is 2.95. The van der Waals surface area contributed by atoms with Gasteiger partial charge in [0.15, 0.2) is 0 Å². The summed E-state index contributed by atoms with van der Waals surface area (Å²) in [5.74, 6) is 0. The van der Waals surface area contributed by atoms with Crippen LogP contribution in [0.1, 0.15) is 30.4 Å². The van der Waals surface area contributed by atoms with Crippen LogP contribution in [0.15, 0.2) is 23.1 Å². The molecule has 2 N–H and O–H groups in total. The highest BCUT2D eigenvalue weighted by Gasteiger charge is 2.36. The molecule has 0 atom stereocenters. The predicted molar refractivity (Wildman–Crippen MR) is 78.7 cm³/mol. The Labute approximate surface area is 125 Å². The third kappa shape index (κ3) is 2.99. The highest BCUT2D eigenvalue weighted by molar-refractivity contribution is 7.89. The zero-order valence-corrected chi connectivity index (χ0v) is 12.8. The van der Waals surface area contributed by atoms with Gasteiger partial charge < -0.3 is 9.84 Å². The van der Waals surface area contributed by atoms with Crippen LogP contribution in [0, 0.1) is 0 Å². The molecule has 0 amide bonds. The number of hydrogen-bond donors (Lipinski definition) is 2. The molecule has 1 aromatic carbocycles. The van der Waals surface area contributed by atoms with Crippen molar-refractivity contribution in [3.8, 4) is 0 Å². The highest BCUT2D eigenvalue weighted by Crippen LogP contribution is 2.27. The van der Waals surface area contributed by atoms with Crippen LogP contribution in [0.5, 0.6) is 0 Å².